The molecule has 0 aliphatic carbocycles. The van der Waals surface area contributed by atoms with E-state index in [0.717, 1.165) is 20.7 Å². The molecule has 1 amide bonds. The third-order valence-electron chi connectivity index (χ3n) is 3.14. The van der Waals surface area contributed by atoms with Crippen molar-refractivity contribution in [2.45, 2.75) is 26.3 Å². The summed E-state index contributed by atoms with van der Waals surface area (Å²) in [5.74, 6) is 0.292. The number of hydrogen-bond acceptors (Lipinski definition) is 4. The summed E-state index contributed by atoms with van der Waals surface area (Å²) in [6, 6.07) is 3.80. The van der Waals surface area contributed by atoms with Gasteiger partial charge in [0.2, 0.25) is 5.91 Å². The number of aromatic nitrogens is 3. The van der Waals surface area contributed by atoms with Crippen LogP contribution in [0.4, 0.5) is 0 Å². The third kappa shape index (κ3) is 1.82. The summed E-state index contributed by atoms with van der Waals surface area (Å²) < 4.78 is 3.03. The monoisotopic (exact) mass is 290 g/mol. The lowest BCUT2D eigenvalue weighted by atomic mass is 10.2. The Labute approximate surface area is 118 Å². The molecule has 0 saturated heterocycles. The van der Waals surface area contributed by atoms with E-state index in [-0.39, 0.29) is 18.0 Å². The molecule has 0 aliphatic heterocycles. The molecule has 2 N–H and O–H groups in total. The van der Waals surface area contributed by atoms with Crippen LogP contribution in [0.25, 0.3) is 15.7 Å². The van der Waals surface area contributed by atoms with Gasteiger partial charge in [-0.05, 0) is 17.5 Å². The van der Waals surface area contributed by atoms with Gasteiger partial charge in [0.1, 0.15) is 22.7 Å². The standard InChI is InChI=1S/C13H14N4O2S/c1-7(2)11-15-16(6-10(14)18)12(19)9-5-8-3-4-20-13(8)17(9)11/h3-5,7H,6H2,1-2H3,(H2,14,18). The average molecular weight is 290 g/mol. The Morgan fingerprint density at radius 2 is 2.25 bits per heavy atom. The molecule has 0 unspecified atom stereocenters. The zero-order valence-electron chi connectivity index (χ0n) is 11.2. The molecule has 0 aliphatic rings. The first-order valence-corrected chi connectivity index (χ1v) is 7.15. The van der Waals surface area contributed by atoms with E-state index in [9.17, 15) is 9.59 Å². The number of thiophene rings is 1. The normalized spacial score (nSPS) is 11.8. The van der Waals surface area contributed by atoms with E-state index >= 15 is 0 Å². The maximum Gasteiger partial charge on any atom is 0.291 e. The first-order chi connectivity index (χ1) is 9.49. The minimum atomic E-state index is -0.577. The highest BCUT2D eigenvalue weighted by Gasteiger charge is 2.17. The molecule has 0 atom stereocenters. The molecule has 20 heavy (non-hydrogen) atoms. The molecule has 3 rings (SSSR count). The van der Waals surface area contributed by atoms with Crippen LogP contribution in [-0.4, -0.2) is 20.1 Å². The molecule has 104 valence electrons. The molecule has 3 aromatic heterocycles. The molecular weight excluding hydrogens is 276 g/mol. The lowest BCUT2D eigenvalue weighted by Crippen LogP contribution is -2.32. The molecule has 6 nitrogen and oxygen atoms in total. The van der Waals surface area contributed by atoms with E-state index < -0.39 is 5.91 Å². The van der Waals surface area contributed by atoms with Crippen LogP contribution in [0.15, 0.2) is 22.3 Å². The topological polar surface area (TPSA) is 82.4 Å². The van der Waals surface area contributed by atoms with Gasteiger partial charge in [-0.2, -0.15) is 5.10 Å². The Morgan fingerprint density at radius 1 is 1.50 bits per heavy atom. The molecule has 7 heteroatoms. The number of hydrogen-bond donors (Lipinski definition) is 1. The number of nitrogens with two attached hydrogens (primary N) is 1. The summed E-state index contributed by atoms with van der Waals surface area (Å²) in [5, 5.41) is 7.30. The zero-order valence-corrected chi connectivity index (χ0v) is 12.0. The fraction of sp³-hybridized carbons (Fsp3) is 0.308. The SMILES string of the molecule is CC(C)c1nn(CC(N)=O)c(=O)c2cc3ccsc3n12. The van der Waals surface area contributed by atoms with E-state index in [4.69, 9.17) is 5.73 Å². The Bertz CT molecular complexity index is 872. The van der Waals surface area contributed by atoms with Crippen molar-refractivity contribution in [2.75, 3.05) is 0 Å². The average Bonchev–Trinajstić information content (AvgIpc) is 2.92. The van der Waals surface area contributed by atoms with Crippen molar-refractivity contribution in [1.82, 2.24) is 14.2 Å². The van der Waals surface area contributed by atoms with Crippen LogP contribution in [0, 0.1) is 0 Å². The van der Waals surface area contributed by atoms with Crippen molar-refractivity contribution >= 4 is 33.0 Å². The number of fused-ring (bicyclic) bond motifs is 3. The second kappa shape index (κ2) is 4.45. The molecule has 0 radical (unpaired) electrons. The van der Waals surface area contributed by atoms with Gasteiger partial charge < -0.3 is 5.73 Å². The van der Waals surface area contributed by atoms with E-state index in [1.165, 1.54) is 0 Å². The lowest BCUT2D eigenvalue weighted by molar-refractivity contribution is -0.118. The number of rotatable bonds is 3. The van der Waals surface area contributed by atoms with Crippen LogP contribution >= 0.6 is 11.3 Å². The molecule has 3 aromatic rings. The van der Waals surface area contributed by atoms with E-state index in [2.05, 4.69) is 5.10 Å². The number of amides is 1. The largest absolute Gasteiger partial charge is 0.368 e. The van der Waals surface area contributed by atoms with Crippen LogP contribution in [0.2, 0.25) is 0 Å². The van der Waals surface area contributed by atoms with E-state index in [1.807, 2.05) is 35.8 Å². The van der Waals surface area contributed by atoms with Crippen molar-refractivity contribution in [2.24, 2.45) is 5.73 Å². The molecule has 0 aromatic carbocycles. The summed E-state index contributed by atoms with van der Waals surface area (Å²) in [5.41, 5.74) is 5.41. The van der Waals surface area contributed by atoms with E-state index in [0.29, 0.717) is 5.52 Å². The Balaban J connectivity index is 2.44. The van der Waals surface area contributed by atoms with Gasteiger partial charge in [-0.25, -0.2) is 4.68 Å². The van der Waals surface area contributed by atoms with Gasteiger partial charge in [0, 0.05) is 11.3 Å². The predicted molar refractivity (Wildman–Crippen MR) is 78.1 cm³/mol. The summed E-state index contributed by atoms with van der Waals surface area (Å²) in [6.07, 6.45) is 0. The van der Waals surface area contributed by atoms with Crippen molar-refractivity contribution in [1.29, 1.82) is 0 Å². The van der Waals surface area contributed by atoms with Gasteiger partial charge in [0.25, 0.3) is 5.56 Å². The first kappa shape index (κ1) is 12.9. The van der Waals surface area contributed by atoms with Crippen LogP contribution in [0.1, 0.15) is 25.6 Å². The van der Waals surface area contributed by atoms with Crippen LogP contribution in [0.5, 0.6) is 0 Å². The van der Waals surface area contributed by atoms with Gasteiger partial charge in [-0.3, -0.25) is 14.0 Å². The molecular formula is C13H14N4O2S. The maximum atomic E-state index is 12.4. The Morgan fingerprint density at radius 3 is 2.90 bits per heavy atom. The summed E-state index contributed by atoms with van der Waals surface area (Å²) in [7, 11) is 0. The Hall–Kier alpha value is -2.15. The lowest BCUT2D eigenvalue weighted by Gasteiger charge is -2.11. The Kier molecular flexibility index (Phi) is 2.86. The highest BCUT2D eigenvalue weighted by atomic mass is 32.1. The van der Waals surface area contributed by atoms with Crippen LogP contribution < -0.4 is 11.3 Å². The predicted octanol–water partition coefficient (Wildman–Crippen LogP) is 1.32. The fourth-order valence-corrected chi connectivity index (χ4v) is 3.19. The second-order valence-corrected chi connectivity index (χ2v) is 5.88. The number of primary amides is 1. The summed E-state index contributed by atoms with van der Waals surface area (Å²) in [4.78, 5) is 24.5. The van der Waals surface area contributed by atoms with Crippen molar-refractivity contribution in [3.8, 4) is 0 Å². The molecule has 0 spiro atoms. The smallest absolute Gasteiger partial charge is 0.291 e. The van der Waals surface area contributed by atoms with Crippen molar-refractivity contribution < 1.29 is 4.79 Å². The first-order valence-electron chi connectivity index (χ1n) is 6.27. The molecule has 0 fully saturated rings. The second-order valence-electron chi connectivity index (χ2n) is 4.99. The van der Waals surface area contributed by atoms with Gasteiger partial charge in [-0.15, -0.1) is 11.3 Å². The summed E-state index contributed by atoms with van der Waals surface area (Å²) >= 11 is 1.57. The minimum absolute atomic E-state index is 0.120. The summed E-state index contributed by atoms with van der Waals surface area (Å²) in [6.45, 7) is 3.80. The van der Waals surface area contributed by atoms with Gasteiger partial charge >= 0.3 is 0 Å². The van der Waals surface area contributed by atoms with Gasteiger partial charge in [0.15, 0.2) is 0 Å². The van der Waals surface area contributed by atoms with Crippen molar-refractivity contribution in [3.63, 3.8) is 0 Å². The van der Waals surface area contributed by atoms with Gasteiger partial charge in [0.05, 0.1) is 0 Å². The van der Waals surface area contributed by atoms with Crippen LogP contribution in [-0.2, 0) is 11.3 Å². The number of carbonyl (C=O) groups excluding carboxylic acids is 1. The van der Waals surface area contributed by atoms with Crippen molar-refractivity contribution in [3.05, 3.63) is 33.7 Å². The van der Waals surface area contributed by atoms with Crippen LogP contribution in [0.3, 0.4) is 0 Å². The minimum Gasteiger partial charge on any atom is -0.368 e. The quantitative estimate of drug-likeness (QED) is 0.789. The molecule has 3 heterocycles. The zero-order chi connectivity index (χ0) is 14.4. The highest BCUT2D eigenvalue weighted by Crippen LogP contribution is 2.26. The fourth-order valence-electron chi connectivity index (χ4n) is 2.28. The van der Waals surface area contributed by atoms with E-state index in [1.54, 1.807) is 11.3 Å². The third-order valence-corrected chi connectivity index (χ3v) is 4.05. The molecule has 0 saturated carbocycles. The number of carbonyl (C=O) groups is 1. The van der Waals surface area contributed by atoms with Gasteiger partial charge in [-0.1, -0.05) is 13.8 Å². The maximum absolute atomic E-state index is 12.4. The molecule has 0 bridgehead atoms. The highest BCUT2D eigenvalue weighted by molar-refractivity contribution is 7.16. The number of nitrogens with zero attached hydrogens (tertiary/aromatic N) is 3.